The highest BCUT2D eigenvalue weighted by molar-refractivity contribution is 6.08. The molecule has 5 aromatic rings. The lowest BCUT2D eigenvalue weighted by Crippen LogP contribution is -2.19. The number of benzene rings is 4. The molecule has 1 unspecified atom stereocenters. The van der Waals surface area contributed by atoms with Gasteiger partial charge in [0.1, 0.15) is 23.7 Å². The summed E-state index contributed by atoms with van der Waals surface area (Å²) in [5.74, 6) is 0.969. The lowest BCUT2D eigenvalue weighted by molar-refractivity contribution is 0.306. The summed E-state index contributed by atoms with van der Waals surface area (Å²) in [6.45, 7) is 0.451. The molecule has 1 aromatic heterocycles. The maximum absolute atomic E-state index is 13.1. The predicted octanol–water partition coefficient (Wildman–Crippen LogP) is 5.88. The fourth-order valence-corrected chi connectivity index (χ4v) is 4.99. The molecule has 4 aromatic carbocycles. The first-order valence-electron chi connectivity index (χ1n) is 12.9. The summed E-state index contributed by atoms with van der Waals surface area (Å²) >= 11 is 0. The number of hydrogen-bond donors (Lipinski definition) is 3. The van der Waals surface area contributed by atoms with E-state index in [0.717, 1.165) is 16.8 Å². The number of hydrogen-bond acceptors (Lipinski definition) is 7. The molecule has 0 radical (unpaired) electrons. The van der Waals surface area contributed by atoms with E-state index in [0.29, 0.717) is 41.1 Å². The molecular weight excluding hydrogens is 506 g/mol. The third-order valence-electron chi connectivity index (χ3n) is 7.03. The van der Waals surface area contributed by atoms with Crippen LogP contribution in [0.2, 0.25) is 0 Å². The van der Waals surface area contributed by atoms with Crippen molar-refractivity contribution in [1.29, 1.82) is 0 Å². The van der Waals surface area contributed by atoms with E-state index < -0.39 is 5.56 Å². The van der Waals surface area contributed by atoms with Crippen LogP contribution in [0, 0.1) is 0 Å². The molecule has 8 heteroatoms. The molecular formula is C32H27N3O5. The summed E-state index contributed by atoms with van der Waals surface area (Å²) in [7, 11) is 1.49. The molecule has 0 aliphatic carbocycles. The van der Waals surface area contributed by atoms with Gasteiger partial charge in [0.2, 0.25) is 0 Å². The van der Waals surface area contributed by atoms with Gasteiger partial charge in [0, 0.05) is 11.8 Å². The van der Waals surface area contributed by atoms with Gasteiger partial charge in [-0.2, -0.15) is 5.10 Å². The zero-order chi connectivity index (χ0) is 27.6. The molecule has 0 fully saturated rings. The Balaban J connectivity index is 1.37. The van der Waals surface area contributed by atoms with Crippen LogP contribution in [0.25, 0.3) is 10.9 Å². The first-order valence-corrected chi connectivity index (χ1v) is 12.9. The van der Waals surface area contributed by atoms with Crippen molar-refractivity contribution in [2.24, 2.45) is 5.10 Å². The number of phenols is 1. The van der Waals surface area contributed by atoms with Crippen LogP contribution in [0.4, 0.5) is 5.69 Å². The van der Waals surface area contributed by atoms with Crippen LogP contribution in [0.1, 0.15) is 29.2 Å². The average Bonchev–Trinajstić information content (AvgIpc) is 3.42. The van der Waals surface area contributed by atoms with Crippen LogP contribution in [0.15, 0.2) is 107 Å². The Morgan fingerprint density at radius 3 is 2.48 bits per heavy atom. The lowest BCUT2D eigenvalue weighted by atomic mass is 9.97. The number of para-hydroxylation sites is 1. The Hall–Kier alpha value is -5.24. The quantitative estimate of drug-likeness (QED) is 0.241. The van der Waals surface area contributed by atoms with E-state index in [1.54, 1.807) is 42.5 Å². The molecule has 0 spiro atoms. The van der Waals surface area contributed by atoms with Crippen LogP contribution >= 0.6 is 0 Å². The van der Waals surface area contributed by atoms with Crippen molar-refractivity contribution in [3.63, 3.8) is 0 Å². The van der Waals surface area contributed by atoms with E-state index in [9.17, 15) is 15.0 Å². The number of aromatic hydroxyl groups is 2. The minimum atomic E-state index is -0.413. The van der Waals surface area contributed by atoms with E-state index in [1.165, 1.54) is 7.11 Å². The molecule has 3 N–H and O–H groups in total. The van der Waals surface area contributed by atoms with Gasteiger partial charge in [0.15, 0.2) is 11.5 Å². The van der Waals surface area contributed by atoms with Crippen LogP contribution in [-0.4, -0.2) is 28.0 Å². The number of anilines is 1. The molecule has 8 nitrogen and oxygen atoms in total. The van der Waals surface area contributed by atoms with Crippen molar-refractivity contribution in [3.05, 3.63) is 124 Å². The minimum Gasteiger partial charge on any atom is -0.506 e. The Labute approximate surface area is 230 Å². The van der Waals surface area contributed by atoms with Crippen LogP contribution in [0.5, 0.6) is 23.0 Å². The average molecular weight is 534 g/mol. The first kappa shape index (κ1) is 25.1. The molecule has 200 valence electrons. The number of hydrazone groups is 1. The van der Waals surface area contributed by atoms with Crippen molar-refractivity contribution < 1.29 is 19.7 Å². The van der Waals surface area contributed by atoms with Crippen molar-refractivity contribution in [3.8, 4) is 23.0 Å². The number of aromatic amines is 1. The van der Waals surface area contributed by atoms with Gasteiger partial charge in [0.05, 0.1) is 30.1 Å². The van der Waals surface area contributed by atoms with Gasteiger partial charge in [-0.3, -0.25) is 9.80 Å². The van der Waals surface area contributed by atoms with Crippen molar-refractivity contribution in [1.82, 2.24) is 4.98 Å². The number of aromatic nitrogens is 1. The summed E-state index contributed by atoms with van der Waals surface area (Å²) in [6.07, 6.45) is 0.342. The number of nitrogens with zero attached hydrogens (tertiary/aromatic N) is 2. The van der Waals surface area contributed by atoms with Crippen molar-refractivity contribution in [2.75, 3.05) is 12.1 Å². The number of pyridine rings is 1. The van der Waals surface area contributed by atoms with Gasteiger partial charge in [-0.05, 0) is 59.7 Å². The number of ether oxygens (including phenoxy) is 2. The summed E-state index contributed by atoms with van der Waals surface area (Å²) in [4.78, 5) is 16.0. The fourth-order valence-electron chi connectivity index (χ4n) is 4.99. The number of rotatable bonds is 7. The molecule has 1 aliphatic heterocycles. The maximum atomic E-state index is 13.1. The minimum absolute atomic E-state index is 0.0282. The number of fused-ring (bicyclic) bond motifs is 1. The van der Waals surface area contributed by atoms with E-state index in [1.807, 2.05) is 59.6 Å². The van der Waals surface area contributed by atoms with E-state index in [-0.39, 0.29) is 23.1 Å². The summed E-state index contributed by atoms with van der Waals surface area (Å²) in [6, 6.07) is 29.4. The van der Waals surface area contributed by atoms with Gasteiger partial charge in [-0.1, -0.05) is 48.5 Å². The maximum Gasteiger partial charge on any atom is 0.261 e. The zero-order valence-electron chi connectivity index (χ0n) is 21.7. The van der Waals surface area contributed by atoms with Gasteiger partial charge in [-0.15, -0.1) is 0 Å². The van der Waals surface area contributed by atoms with Crippen LogP contribution < -0.4 is 20.0 Å². The number of phenolic OH excluding ortho intramolecular Hbond substituents is 1. The summed E-state index contributed by atoms with van der Waals surface area (Å²) in [5, 5.41) is 28.5. The number of methoxy groups -OCH3 is 1. The standard InChI is InChI=1S/C32H27N3O5/c1-39-29-17-21(11-16-28(29)36)27-18-26(30-31(37)24-9-5-6-10-25(24)33-32(30)38)34-35(27)22-12-14-23(15-13-22)40-19-20-7-3-2-4-8-20/h2-17,27,36H,18-19H2,1H3,(H2,33,37,38). The van der Waals surface area contributed by atoms with Crippen molar-refractivity contribution >= 4 is 22.3 Å². The Morgan fingerprint density at radius 2 is 1.70 bits per heavy atom. The molecule has 0 amide bonds. The van der Waals surface area contributed by atoms with Crippen LogP contribution in [0.3, 0.4) is 0 Å². The Kier molecular flexibility index (Phi) is 6.57. The van der Waals surface area contributed by atoms with E-state index in [4.69, 9.17) is 14.6 Å². The third-order valence-corrected chi connectivity index (χ3v) is 7.03. The van der Waals surface area contributed by atoms with E-state index in [2.05, 4.69) is 4.98 Å². The Bertz CT molecular complexity index is 1760. The normalized spacial score (nSPS) is 14.8. The number of H-pyrrole nitrogens is 1. The summed E-state index contributed by atoms with van der Waals surface area (Å²) < 4.78 is 11.3. The van der Waals surface area contributed by atoms with Crippen LogP contribution in [-0.2, 0) is 6.61 Å². The second kappa shape index (κ2) is 10.5. The fraction of sp³-hybridized carbons (Fsp3) is 0.125. The van der Waals surface area contributed by atoms with Gasteiger partial charge >= 0.3 is 0 Å². The molecule has 2 heterocycles. The highest BCUT2D eigenvalue weighted by Crippen LogP contribution is 2.41. The van der Waals surface area contributed by atoms with Gasteiger partial charge in [-0.25, -0.2) is 0 Å². The summed E-state index contributed by atoms with van der Waals surface area (Å²) in [5.41, 5.74) is 3.40. The third kappa shape index (κ3) is 4.71. The molecule has 40 heavy (non-hydrogen) atoms. The zero-order valence-corrected chi connectivity index (χ0v) is 21.7. The van der Waals surface area contributed by atoms with Gasteiger partial charge < -0.3 is 24.7 Å². The molecule has 0 bridgehead atoms. The number of nitrogens with one attached hydrogen (secondary N) is 1. The predicted molar refractivity (Wildman–Crippen MR) is 154 cm³/mol. The molecule has 0 saturated heterocycles. The van der Waals surface area contributed by atoms with Crippen molar-refractivity contribution in [2.45, 2.75) is 19.1 Å². The molecule has 0 saturated carbocycles. The van der Waals surface area contributed by atoms with E-state index >= 15 is 0 Å². The largest absolute Gasteiger partial charge is 0.506 e. The SMILES string of the molecule is COc1cc(C2CC(c3c(O)c4ccccc4[nH]c3=O)=NN2c2ccc(OCc3ccccc3)cc2)ccc1O. The molecule has 1 aliphatic rings. The highest BCUT2D eigenvalue weighted by Gasteiger charge is 2.33. The molecule has 6 rings (SSSR count). The molecule has 1 atom stereocenters. The Morgan fingerprint density at radius 1 is 0.950 bits per heavy atom. The first-order chi connectivity index (χ1) is 19.5. The monoisotopic (exact) mass is 533 g/mol. The topological polar surface area (TPSA) is 107 Å². The smallest absolute Gasteiger partial charge is 0.261 e. The second-order valence-electron chi connectivity index (χ2n) is 9.53. The lowest BCUT2D eigenvalue weighted by Gasteiger charge is -2.24. The van der Waals surface area contributed by atoms with Gasteiger partial charge in [0.25, 0.3) is 5.56 Å². The second-order valence-corrected chi connectivity index (χ2v) is 9.53. The highest BCUT2D eigenvalue weighted by atomic mass is 16.5.